The van der Waals surface area contributed by atoms with Crippen LogP contribution in [0.1, 0.15) is 32.6 Å². The van der Waals surface area contributed by atoms with Crippen molar-refractivity contribution >= 4 is 29.4 Å². The lowest BCUT2D eigenvalue weighted by molar-refractivity contribution is -0.133. The number of hydrogen-bond acceptors (Lipinski definition) is 8. The summed E-state index contributed by atoms with van der Waals surface area (Å²) in [5, 5.41) is 20.7. The number of β-amino-alcohol motifs (C(OH)–C–C–N with tert-alkyl or cyclic N) is 1. The van der Waals surface area contributed by atoms with Gasteiger partial charge in [0.2, 0.25) is 5.91 Å². The van der Waals surface area contributed by atoms with Crippen molar-refractivity contribution in [1.29, 1.82) is 0 Å². The van der Waals surface area contributed by atoms with Crippen LogP contribution in [0.3, 0.4) is 0 Å². The number of rotatable bonds is 12. The van der Waals surface area contributed by atoms with Crippen LogP contribution in [0.15, 0.2) is 84.9 Å². The van der Waals surface area contributed by atoms with Crippen LogP contribution in [0, 0.1) is 0 Å². The summed E-state index contributed by atoms with van der Waals surface area (Å²) in [5.74, 6) is 0.480. The second kappa shape index (κ2) is 14.8. The van der Waals surface area contributed by atoms with Crippen LogP contribution in [0.25, 0.3) is 12.2 Å². The van der Waals surface area contributed by atoms with Crippen molar-refractivity contribution in [2.75, 3.05) is 46.4 Å². The molecule has 1 unspecified atom stereocenters. The number of ether oxygens (including phenoxy) is 2. The van der Waals surface area contributed by atoms with Crippen molar-refractivity contribution in [1.82, 2.24) is 20.0 Å². The molecule has 0 bridgehead atoms. The first-order valence-electron chi connectivity index (χ1n) is 14.1. The average Bonchev–Trinajstić information content (AvgIpc) is 3.48. The lowest BCUT2D eigenvalue weighted by Crippen LogP contribution is -2.52. The Morgan fingerprint density at radius 2 is 1.55 bits per heavy atom. The normalized spacial score (nSPS) is 14.9. The van der Waals surface area contributed by atoms with E-state index in [0.717, 1.165) is 26.7 Å². The fourth-order valence-corrected chi connectivity index (χ4v) is 5.78. The highest BCUT2D eigenvalue weighted by molar-refractivity contribution is 7.12. The summed E-state index contributed by atoms with van der Waals surface area (Å²) in [5.41, 5.74) is 2.89. The molecule has 218 valence electrons. The van der Waals surface area contributed by atoms with Gasteiger partial charge in [-0.2, -0.15) is 0 Å². The molecule has 1 aliphatic heterocycles. The molecular formula is C33H36N4O4S. The summed E-state index contributed by atoms with van der Waals surface area (Å²) < 4.78 is 11.1. The maximum absolute atomic E-state index is 13.7. The van der Waals surface area contributed by atoms with Gasteiger partial charge in [-0.1, -0.05) is 90.2 Å². The number of benzene rings is 3. The van der Waals surface area contributed by atoms with E-state index in [0.29, 0.717) is 45.1 Å². The molecular weight excluding hydrogens is 548 g/mol. The molecule has 2 heterocycles. The Morgan fingerprint density at radius 3 is 2.21 bits per heavy atom. The zero-order chi connectivity index (χ0) is 29.1. The number of para-hydroxylation sites is 1. The Bertz CT molecular complexity index is 1400. The number of aliphatic hydroxyl groups excluding tert-OH is 1. The van der Waals surface area contributed by atoms with Gasteiger partial charge in [-0.25, -0.2) is 0 Å². The Hall–Kier alpha value is -3.89. The van der Waals surface area contributed by atoms with Crippen LogP contribution in [0.4, 0.5) is 0 Å². The summed E-state index contributed by atoms with van der Waals surface area (Å²) in [6.07, 6.45) is 3.18. The number of aromatic nitrogens is 2. The Morgan fingerprint density at radius 1 is 0.905 bits per heavy atom. The first-order chi connectivity index (χ1) is 20.6. The Balaban J connectivity index is 1.12. The Labute approximate surface area is 250 Å². The van der Waals surface area contributed by atoms with Gasteiger partial charge in [0.15, 0.2) is 0 Å². The molecule has 1 N–H and O–H groups in total. The number of methoxy groups -OCH3 is 1. The lowest BCUT2D eigenvalue weighted by atomic mass is 9.90. The number of amides is 1. The van der Waals surface area contributed by atoms with Gasteiger partial charge in [0, 0.05) is 45.4 Å². The van der Waals surface area contributed by atoms with Crippen molar-refractivity contribution in [3.8, 4) is 5.75 Å². The van der Waals surface area contributed by atoms with Gasteiger partial charge in [0.05, 0.1) is 12.5 Å². The van der Waals surface area contributed by atoms with Gasteiger partial charge in [0.1, 0.15) is 28.5 Å². The highest BCUT2D eigenvalue weighted by Crippen LogP contribution is 2.27. The van der Waals surface area contributed by atoms with Crippen molar-refractivity contribution < 1.29 is 19.4 Å². The molecule has 1 amide bonds. The molecule has 42 heavy (non-hydrogen) atoms. The van der Waals surface area contributed by atoms with Crippen molar-refractivity contribution in [3.05, 3.63) is 112 Å². The second-order valence-corrected chi connectivity index (χ2v) is 11.3. The van der Waals surface area contributed by atoms with E-state index in [-0.39, 0.29) is 18.4 Å². The zero-order valence-electron chi connectivity index (χ0n) is 23.7. The van der Waals surface area contributed by atoms with Gasteiger partial charge < -0.3 is 19.5 Å². The number of carbonyl (C=O) groups excluding carboxylic acids is 1. The average molecular weight is 585 g/mol. The van der Waals surface area contributed by atoms with Crippen molar-refractivity contribution in [2.45, 2.75) is 18.6 Å². The van der Waals surface area contributed by atoms with E-state index in [1.165, 1.54) is 11.3 Å². The third-order valence-corrected chi connectivity index (χ3v) is 8.03. The van der Waals surface area contributed by atoms with E-state index in [1.54, 1.807) is 7.11 Å². The molecule has 1 atom stereocenters. The first kappa shape index (κ1) is 29.6. The Kier molecular flexibility index (Phi) is 10.5. The highest BCUT2D eigenvalue weighted by Gasteiger charge is 2.30. The smallest absolute Gasteiger partial charge is 0.234 e. The number of nitrogens with zero attached hydrogens (tertiary/aromatic N) is 4. The van der Waals surface area contributed by atoms with E-state index in [4.69, 9.17) is 9.47 Å². The fourth-order valence-electron chi connectivity index (χ4n) is 5.07. The predicted octanol–water partition coefficient (Wildman–Crippen LogP) is 4.57. The molecule has 3 aromatic carbocycles. The van der Waals surface area contributed by atoms with Gasteiger partial charge >= 0.3 is 0 Å². The minimum absolute atomic E-state index is 0.115. The van der Waals surface area contributed by atoms with Crippen molar-refractivity contribution in [2.24, 2.45) is 0 Å². The molecule has 4 aromatic rings. The van der Waals surface area contributed by atoms with Crippen LogP contribution in [0.2, 0.25) is 0 Å². The van der Waals surface area contributed by atoms with Gasteiger partial charge in [-0.05, 0) is 29.3 Å². The van der Waals surface area contributed by atoms with Crippen LogP contribution in [-0.2, 0) is 16.1 Å². The minimum atomic E-state index is -0.662. The topological polar surface area (TPSA) is 88.0 Å². The second-order valence-electron chi connectivity index (χ2n) is 10.2. The van der Waals surface area contributed by atoms with E-state index in [1.807, 2.05) is 102 Å². The summed E-state index contributed by atoms with van der Waals surface area (Å²) in [6, 6.07) is 27.6. The van der Waals surface area contributed by atoms with Crippen LogP contribution in [-0.4, -0.2) is 83.6 Å². The minimum Gasteiger partial charge on any atom is -0.490 e. The first-order valence-corrected chi connectivity index (χ1v) is 14.9. The molecule has 9 heteroatoms. The molecule has 0 spiro atoms. The molecule has 1 aliphatic rings. The number of piperazine rings is 1. The third-order valence-electron chi connectivity index (χ3n) is 7.17. The SMILES string of the molecule is COCc1nnc(/C=C/c2ccccc2OCC(O)CN2CCN(C(=O)C(c3ccccc3)c3ccccc3)CC2)s1. The van der Waals surface area contributed by atoms with Crippen LogP contribution < -0.4 is 4.74 Å². The van der Waals surface area contributed by atoms with Crippen molar-refractivity contribution in [3.63, 3.8) is 0 Å². The van der Waals surface area contributed by atoms with Gasteiger partial charge in [-0.15, -0.1) is 10.2 Å². The quantitative estimate of drug-likeness (QED) is 0.261. The van der Waals surface area contributed by atoms with E-state index in [9.17, 15) is 9.90 Å². The van der Waals surface area contributed by atoms with Crippen LogP contribution in [0.5, 0.6) is 5.75 Å². The lowest BCUT2D eigenvalue weighted by Gasteiger charge is -2.37. The summed E-state index contributed by atoms with van der Waals surface area (Å²) in [4.78, 5) is 17.9. The standard InChI is InChI=1S/C33H36N4O4S/c1-40-24-31-35-34-30(42-31)17-16-25-10-8-9-15-29(25)41-23-28(38)22-36-18-20-37(21-19-36)33(39)32(26-11-4-2-5-12-26)27-13-6-3-7-14-27/h2-17,28,32,38H,18-24H2,1H3/b17-16+. The molecule has 0 saturated carbocycles. The van der Waals surface area contributed by atoms with E-state index < -0.39 is 6.10 Å². The molecule has 1 fully saturated rings. The molecule has 5 rings (SSSR count). The molecule has 1 saturated heterocycles. The summed E-state index contributed by atoms with van der Waals surface area (Å²) in [7, 11) is 1.63. The number of hydrogen-bond donors (Lipinski definition) is 1. The number of aliphatic hydroxyl groups is 1. The molecule has 1 aromatic heterocycles. The van der Waals surface area contributed by atoms with Crippen LogP contribution >= 0.6 is 11.3 Å². The third kappa shape index (κ3) is 7.89. The monoisotopic (exact) mass is 584 g/mol. The van der Waals surface area contributed by atoms with Gasteiger partial charge in [0.25, 0.3) is 0 Å². The highest BCUT2D eigenvalue weighted by atomic mass is 32.1. The summed E-state index contributed by atoms with van der Waals surface area (Å²) in [6.45, 7) is 3.73. The molecule has 0 radical (unpaired) electrons. The zero-order valence-corrected chi connectivity index (χ0v) is 24.5. The fraction of sp³-hybridized carbons (Fsp3) is 0.303. The van der Waals surface area contributed by atoms with Gasteiger partial charge in [-0.3, -0.25) is 9.69 Å². The van der Waals surface area contributed by atoms with E-state index in [2.05, 4.69) is 15.1 Å². The van der Waals surface area contributed by atoms with E-state index >= 15 is 0 Å². The number of carbonyl (C=O) groups is 1. The predicted molar refractivity (Wildman–Crippen MR) is 165 cm³/mol. The maximum Gasteiger partial charge on any atom is 0.234 e. The largest absolute Gasteiger partial charge is 0.490 e. The summed E-state index contributed by atoms with van der Waals surface area (Å²) >= 11 is 1.48. The molecule has 0 aliphatic carbocycles. The molecule has 8 nitrogen and oxygen atoms in total. The maximum atomic E-state index is 13.7.